The van der Waals surface area contributed by atoms with E-state index in [0.29, 0.717) is 35.6 Å². The first-order valence-electron chi connectivity index (χ1n) is 8.66. The van der Waals surface area contributed by atoms with E-state index in [0.717, 1.165) is 0 Å². The highest BCUT2D eigenvalue weighted by molar-refractivity contribution is 7.91. The van der Waals surface area contributed by atoms with Crippen molar-refractivity contribution in [2.75, 3.05) is 28.3 Å². The highest BCUT2D eigenvalue weighted by Crippen LogP contribution is 2.23. The largest absolute Gasteiger partial charge is 0.353 e. The average Bonchev–Trinajstić information content (AvgIpc) is 3.03. The number of pyridine rings is 1. The van der Waals surface area contributed by atoms with Gasteiger partial charge in [-0.15, -0.1) is 0 Å². The molecule has 1 aromatic heterocycles. The lowest BCUT2D eigenvalue weighted by Crippen LogP contribution is -2.36. The molecule has 1 N–H and O–H groups in total. The van der Waals surface area contributed by atoms with Crippen molar-refractivity contribution in [2.24, 2.45) is 0 Å². The Balaban J connectivity index is 1.70. The van der Waals surface area contributed by atoms with Gasteiger partial charge in [-0.1, -0.05) is 0 Å². The zero-order valence-corrected chi connectivity index (χ0v) is 15.7. The molecular formula is C19H20N4O3S. The van der Waals surface area contributed by atoms with E-state index >= 15 is 0 Å². The molecule has 1 atom stereocenters. The van der Waals surface area contributed by atoms with Gasteiger partial charge >= 0.3 is 0 Å². The summed E-state index contributed by atoms with van der Waals surface area (Å²) in [7, 11) is -2.97. The molecule has 0 saturated carbocycles. The Morgan fingerprint density at radius 3 is 2.56 bits per heavy atom. The number of aromatic nitrogens is 1. The molecule has 1 fully saturated rings. The number of nitrogens with zero attached hydrogens (tertiary/aromatic N) is 3. The molecule has 27 heavy (non-hydrogen) atoms. The number of anilines is 2. The molecule has 0 bridgehead atoms. The predicted octanol–water partition coefficient (Wildman–Crippen LogP) is 2.22. The normalized spacial score (nSPS) is 17.9. The molecule has 0 aliphatic carbocycles. The number of nitrogens with one attached hydrogen (secondary N) is 1. The summed E-state index contributed by atoms with van der Waals surface area (Å²) < 4.78 is 23.5. The fraction of sp³-hybridized carbons (Fsp3) is 0.316. The van der Waals surface area contributed by atoms with Crippen LogP contribution in [0.1, 0.15) is 29.3 Å². The molecule has 2 heterocycles. The van der Waals surface area contributed by atoms with Crippen molar-refractivity contribution in [3.05, 3.63) is 53.7 Å². The summed E-state index contributed by atoms with van der Waals surface area (Å²) >= 11 is 0. The van der Waals surface area contributed by atoms with Crippen LogP contribution in [0.2, 0.25) is 0 Å². The summed E-state index contributed by atoms with van der Waals surface area (Å²) in [5.74, 6) is 0.711. The van der Waals surface area contributed by atoms with Gasteiger partial charge in [0, 0.05) is 24.5 Å². The standard InChI is InChI=1S/C19H20N4O3S/c1-2-23(17-9-10-27(25,26)13-17)18-8-5-15(12-21-18)19(24)22-16-6-3-14(11-20)4-7-16/h3-8,12,17H,2,9-10,13H2,1H3,(H,22,24). The number of carbonyl (C=O) groups excluding carboxylic acids is 1. The van der Waals surface area contributed by atoms with Crippen LogP contribution in [-0.2, 0) is 9.84 Å². The zero-order valence-electron chi connectivity index (χ0n) is 14.9. The average molecular weight is 384 g/mol. The minimum atomic E-state index is -2.97. The van der Waals surface area contributed by atoms with Crippen molar-refractivity contribution in [2.45, 2.75) is 19.4 Å². The molecule has 1 aromatic carbocycles. The number of benzene rings is 1. The maximum atomic E-state index is 12.4. The third-order valence-electron chi connectivity index (χ3n) is 4.57. The molecule has 8 heteroatoms. The van der Waals surface area contributed by atoms with Gasteiger partial charge in [0.05, 0.1) is 28.7 Å². The van der Waals surface area contributed by atoms with Crippen molar-refractivity contribution in [1.82, 2.24) is 4.98 Å². The van der Waals surface area contributed by atoms with Gasteiger partial charge in [0.25, 0.3) is 5.91 Å². The summed E-state index contributed by atoms with van der Waals surface area (Å²) in [4.78, 5) is 18.7. The molecule has 7 nitrogen and oxygen atoms in total. The van der Waals surface area contributed by atoms with Crippen molar-refractivity contribution in [1.29, 1.82) is 5.26 Å². The Kier molecular flexibility index (Phi) is 5.42. The maximum Gasteiger partial charge on any atom is 0.257 e. The van der Waals surface area contributed by atoms with Gasteiger partial charge in [0.2, 0.25) is 0 Å². The summed E-state index contributed by atoms with van der Waals surface area (Å²) in [5, 5.41) is 11.6. The van der Waals surface area contributed by atoms with Crippen LogP contribution < -0.4 is 10.2 Å². The SMILES string of the molecule is CCN(c1ccc(C(=O)Nc2ccc(C#N)cc2)cn1)C1CCS(=O)(=O)C1. The van der Waals surface area contributed by atoms with E-state index < -0.39 is 9.84 Å². The minimum absolute atomic E-state index is 0.0779. The second-order valence-corrected chi connectivity index (χ2v) is 8.62. The summed E-state index contributed by atoms with van der Waals surface area (Å²) in [5.41, 5.74) is 1.51. The van der Waals surface area contributed by atoms with Gasteiger partial charge in [-0.3, -0.25) is 4.79 Å². The lowest BCUT2D eigenvalue weighted by molar-refractivity contribution is 0.102. The number of hydrogen-bond acceptors (Lipinski definition) is 6. The van der Waals surface area contributed by atoms with E-state index in [2.05, 4.69) is 10.3 Å². The Labute approximate surface area is 158 Å². The van der Waals surface area contributed by atoms with Crippen LogP contribution in [0.15, 0.2) is 42.6 Å². The van der Waals surface area contributed by atoms with Crippen LogP contribution in [-0.4, -0.2) is 43.4 Å². The number of nitriles is 1. The van der Waals surface area contributed by atoms with Gasteiger partial charge < -0.3 is 10.2 Å². The fourth-order valence-electron chi connectivity index (χ4n) is 3.15. The van der Waals surface area contributed by atoms with Gasteiger partial charge in [0.1, 0.15) is 5.82 Å². The Morgan fingerprint density at radius 1 is 1.30 bits per heavy atom. The molecule has 1 saturated heterocycles. The van der Waals surface area contributed by atoms with Crippen LogP contribution in [0.25, 0.3) is 0 Å². The zero-order chi connectivity index (χ0) is 19.4. The van der Waals surface area contributed by atoms with Crippen LogP contribution in [0.3, 0.4) is 0 Å². The topological polar surface area (TPSA) is 103 Å². The molecule has 0 radical (unpaired) electrons. The van der Waals surface area contributed by atoms with Crippen molar-refractivity contribution in [3.63, 3.8) is 0 Å². The van der Waals surface area contributed by atoms with Crippen LogP contribution in [0.5, 0.6) is 0 Å². The molecule has 1 aliphatic rings. The molecule has 3 rings (SSSR count). The van der Waals surface area contributed by atoms with E-state index in [1.807, 2.05) is 17.9 Å². The van der Waals surface area contributed by atoms with E-state index in [1.54, 1.807) is 36.4 Å². The Bertz CT molecular complexity index is 964. The highest BCUT2D eigenvalue weighted by atomic mass is 32.2. The predicted molar refractivity (Wildman–Crippen MR) is 103 cm³/mol. The Hall–Kier alpha value is -2.92. The molecular weight excluding hydrogens is 364 g/mol. The second-order valence-electron chi connectivity index (χ2n) is 6.39. The van der Waals surface area contributed by atoms with Gasteiger partial charge in [-0.2, -0.15) is 5.26 Å². The molecule has 1 unspecified atom stereocenters. The third-order valence-corrected chi connectivity index (χ3v) is 6.32. The fourth-order valence-corrected chi connectivity index (χ4v) is 4.88. The highest BCUT2D eigenvalue weighted by Gasteiger charge is 2.32. The van der Waals surface area contributed by atoms with E-state index in [9.17, 15) is 13.2 Å². The number of hydrogen-bond donors (Lipinski definition) is 1. The third kappa shape index (κ3) is 4.44. The van der Waals surface area contributed by atoms with Crippen LogP contribution in [0.4, 0.5) is 11.5 Å². The van der Waals surface area contributed by atoms with Crippen molar-refractivity contribution in [3.8, 4) is 6.07 Å². The summed E-state index contributed by atoms with van der Waals surface area (Å²) in [6, 6.07) is 11.9. The monoisotopic (exact) mass is 384 g/mol. The second kappa shape index (κ2) is 7.76. The first kappa shape index (κ1) is 18.9. The lowest BCUT2D eigenvalue weighted by Gasteiger charge is -2.27. The molecule has 2 aromatic rings. The van der Waals surface area contributed by atoms with Crippen LogP contribution in [0, 0.1) is 11.3 Å². The van der Waals surface area contributed by atoms with E-state index in [-0.39, 0.29) is 23.5 Å². The molecule has 1 aliphatic heterocycles. The Morgan fingerprint density at radius 2 is 2.04 bits per heavy atom. The number of rotatable bonds is 5. The summed E-state index contributed by atoms with van der Waals surface area (Å²) in [6.45, 7) is 2.60. The van der Waals surface area contributed by atoms with Gasteiger partial charge in [-0.25, -0.2) is 13.4 Å². The maximum absolute atomic E-state index is 12.4. The smallest absolute Gasteiger partial charge is 0.257 e. The quantitative estimate of drug-likeness (QED) is 0.848. The summed E-state index contributed by atoms with van der Waals surface area (Å²) in [6.07, 6.45) is 2.08. The number of carbonyl (C=O) groups is 1. The van der Waals surface area contributed by atoms with Crippen molar-refractivity contribution < 1.29 is 13.2 Å². The molecule has 0 spiro atoms. The molecule has 1 amide bonds. The van der Waals surface area contributed by atoms with Gasteiger partial charge in [-0.05, 0) is 49.7 Å². The minimum Gasteiger partial charge on any atom is -0.353 e. The van der Waals surface area contributed by atoms with E-state index in [1.165, 1.54) is 6.20 Å². The lowest BCUT2D eigenvalue weighted by atomic mass is 10.2. The van der Waals surface area contributed by atoms with Gasteiger partial charge in [0.15, 0.2) is 9.84 Å². The molecule has 140 valence electrons. The van der Waals surface area contributed by atoms with Crippen molar-refractivity contribution >= 4 is 27.2 Å². The number of sulfone groups is 1. The number of amides is 1. The first-order valence-corrected chi connectivity index (χ1v) is 10.5. The first-order chi connectivity index (χ1) is 12.9. The van der Waals surface area contributed by atoms with E-state index in [4.69, 9.17) is 5.26 Å². The van der Waals surface area contributed by atoms with Crippen LogP contribution >= 0.6 is 0 Å².